The van der Waals surface area contributed by atoms with E-state index in [2.05, 4.69) is 15.3 Å². The van der Waals surface area contributed by atoms with E-state index in [1.54, 1.807) is 6.20 Å². The van der Waals surface area contributed by atoms with Gasteiger partial charge in [0, 0.05) is 25.3 Å². The van der Waals surface area contributed by atoms with Crippen LogP contribution in [-0.2, 0) is 9.53 Å². The Kier molecular flexibility index (Phi) is 6.66. The van der Waals surface area contributed by atoms with Crippen LogP contribution in [0, 0.1) is 6.92 Å². The molecule has 2 amide bonds. The number of aromatic nitrogens is 2. The molecule has 0 radical (unpaired) electrons. The number of likely N-dealkylation sites (tertiary alicyclic amines) is 1. The summed E-state index contributed by atoms with van der Waals surface area (Å²) in [6.07, 6.45) is 5.55. The minimum absolute atomic E-state index is 0.0140. The van der Waals surface area contributed by atoms with Gasteiger partial charge < -0.3 is 15.0 Å². The summed E-state index contributed by atoms with van der Waals surface area (Å²) in [5.74, 6) is -0.199. The molecule has 7 heteroatoms. The lowest BCUT2D eigenvalue weighted by Gasteiger charge is -2.21. The molecule has 1 aromatic heterocycles. The van der Waals surface area contributed by atoms with E-state index in [0.717, 1.165) is 25.0 Å². The third-order valence-electron chi connectivity index (χ3n) is 3.97. The predicted molar refractivity (Wildman–Crippen MR) is 89.5 cm³/mol. The average molecular weight is 334 g/mol. The van der Waals surface area contributed by atoms with Gasteiger partial charge in [-0.05, 0) is 40.0 Å². The number of ether oxygens (including phenoxy) is 1. The van der Waals surface area contributed by atoms with E-state index in [4.69, 9.17) is 4.74 Å². The van der Waals surface area contributed by atoms with Crippen LogP contribution in [0.2, 0.25) is 0 Å². The highest BCUT2D eigenvalue weighted by Gasteiger charge is 2.22. The minimum atomic E-state index is -0.213. The Hall–Kier alpha value is -2.02. The fraction of sp³-hybridized carbons (Fsp3) is 0.647. The van der Waals surface area contributed by atoms with Gasteiger partial charge in [0.1, 0.15) is 12.3 Å². The number of carbonyl (C=O) groups is 2. The molecule has 132 valence electrons. The van der Waals surface area contributed by atoms with Gasteiger partial charge in [0.05, 0.1) is 18.0 Å². The predicted octanol–water partition coefficient (Wildman–Crippen LogP) is 1.32. The second kappa shape index (κ2) is 8.73. The van der Waals surface area contributed by atoms with E-state index in [-0.39, 0.29) is 30.6 Å². The molecule has 1 aromatic rings. The number of aryl methyl sites for hydroxylation is 1. The SMILES string of the molecule is Cc1cnc(C(=O)N[C@H]2CCCN(C(=O)COC(C)C)CC2)cn1. The van der Waals surface area contributed by atoms with Crippen LogP contribution >= 0.6 is 0 Å². The van der Waals surface area contributed by atoms with Crippen LogP contribution < -0.4 is 5.32 Å². The van der Waals surface area contributed by atoms with Crippen molar-refractivity contribution in [2.24, 2.45) is 0 Å². The highest BCUT2D eigenvalue weighted by atomic mass is 16.5. The number of hydrogen-bond acceptors (Lipinski definition) is 5. The Balaban J connectivity index is 1.83. The Morgan fingerprint density at radius 1 is 1.29 bits per heavy atom. The van der Waals surface area contributed by atoms with Crippen molar-refractivity contribution in [1.29, 1.82) is 0 Å². The maximum atomic E-state index is 12.2. The first-order valence-corrected chi connectivity index (χ1v) is 8.44. The first kappa shape index (κ1) is 18.3. The Morgan fingerprint density at radius 2 is 2.08 bits per heavy atom. The molecular weight excluding hydrogens is 308 g/mol. The van der Waals surface area contributed by atoms with Crippen molar-refractivity contribution in [1.82, 2.24) is 20.2 Å². The van der Waals surface area contributed by atoms with E-state index >= 15 is 0 Å². The molecule has 0 aliphatic carbocycles. The number of carbonyl (C=O) groups excluding carboxylic acids is 2. The molecule has 0 aromatic carbocycles. The van der Waals surface area contributed by atoms with Gasteiger partial charge in [0.25, 0.3) is 5.91 Å². The molecular formula is C17H26N4O3. The van der Waals surface area contributed by atoms with Crippen LogP contribution in [0.3, 0.4) is 0 Å². The van der Waals surface area contributed by atoms with E-state index in [9.17, 15) is 9.59 Å². The van der Waals surface area contributed by atoms with Crippen LogP contribution in [0.4, 0.5) is 0 Å². The molecule has 1 N–H and O–H groups in total. The van der Waals surface area contributed by atoms with Crippen LogP contribution in [0.1, 0.15) is 49.3 Å². The summed E-state index contributed by atoms with van der Waals surface area (Å²) < 4.78 is 5.38. The zero-order chi connectivity index (χ0) is 17.5. The van der Waals surface area contributed by atoms with Gasteiger partial charge in [-0.2, -0.15) is 0 Å². The molecule has 1 saturated heterocycles. The molecule has 1 fully saturated rings. The normalized spacial score (nSPS) is 18.3. The summed E-state index contributed by atoms with van der Waals surface area (Å²) >= 11 is 0. The topological polar surface area (TPSA) is 84.4 Å². The van der Waals surface area contributed by atoms with Crippen LogP contribution in [-0.4, -0.2) is 58.5 Å². The zero-order valence-electron chi connectivity index (χ0n) is 14.6. The second-order valence-electron chi connectivity index (χ2n) is 6.38. The third kappa shape index (κ3) is 5.56. The van der Waals surface area contributed by atoms with Gasteiger partial charge in [-0.3, -0.25) is 14.6 Å². The maximum Gasteiger partial charge on any atom is 0.271 e. The fourth-order valence-corrected chi connectivity index (χ4v) is 2.59. The van der Waals surface area contributed by atoms with Gasteiger partial charge in [0.15, 0.2) is 0 Å². The first-order chi connectivity index (χ1) is 11.5. The van der Waals surface area contributed by atoms with Crippen molar-refractivity contribution in [2.45, 2.75) is 52.2 Å². The summed E-state index contributed by atoms with van der Waals surface area (Å²) in [7, 11) is 0. The number of amides is 2. The van der Waals surface area contributed by atoms with Gasteiger partial charge in [-0.1, -0.05) is 0 Å². The molecule has 0 saturated carbocycles. The van der Waals surface area contributed by atoms with Crippen molar-refractivity contribution >= 4 is 11.8 Å². The number of rotatable bonds is 5. The molecule has 24 heavy (non-hydrogen) atoms. The average Bonchev–Trinajstić information content (AvgIpc) is 2.79. The highest BCUT2D eigenvalue weighted by Crippen LogP contribution is 2.12. The van der Waals surface area contributed by atoms with Gasteiger partial charge in [-0.15, -0.1) is 0 Å². The maximum absolute atomic E-state index is 12.2. The molecule has 0 unspecified atom stereocenters. The summed E-state index contributed by atoms with van der Waals surface area (Å²) in [5, 5.41) is 2.99. The van der Waals surface area contributed by atoms with Crippen molar-refractivity contribution in [3.63, 3.8) is 0 Å². The van der Waals surface area contributed by atoms with Crippen LogP contribution in [0.15, 0.2) is 12.4 Å². The van der Waals surface area contributed by atoms with Gasteiger partial charge in [0.2, 0.25) is 5.91 Å². The molecule has 2 heterocycles. The van der Waals surface area contributed by atoms with Crippen molar-refractivity contribution in [3.05, 3.63) is 23.8 Å². The monoisotopic (exact) mass is 334 g/mol. The lowest BCUT2D eigenvalue weighted by atomic mass is 10.1. The molecule has 1 aliphatic heterocycles. The molecule has 0 bridgehead atoms. The van der Waals surface area contributed by atoms with E-state index in [1.165, 1.54) is 6.20 Å². The van der Waals surface area contributed by atoms with Crippen molar-refractivity contribution in [3.8, 4) is 0 Å². The zero-order valence-corrected chi connectivity index (χ0v) is 14.6. The summed E-state index contributed by atoms with van der Waals surface area (Å²) in [6.45, 7) is 7.11. The lowest BCUT2D eigenvalue weighted by molar-refractivity contribution is -0.137. The quantitative estimate of drug-likeness (QED) is 0.878. The van der Waals surface area contributed by atoms with E-state index in [0.29, 0.717) is 18.8 Å². The second-order valence-corrected chi connectivity index (χ2v) is 6.38. The van der Waals surface area contributed by atoms with Crippen LogP contribution in [0.25, 0.3) is 0 Å². The molecule has 1 aliphatic rings. The van der Waals surface area contributed by atoms with Crippen LogP contribution in [0.5, 0.6) is 0 Å². The summed E-state index contributed by atoms with van der Waals surface area (Å²) in [4.78, 5) is 34.4. The molecule has 0 spiro atoms. The fourth-order valence-electron chi connectivity index (χ4n) is 2.59. The molecule has 1 atom stereocenters. The Bertz CT molecular complexity index is 559. The molecule has 2 rings (SSSR count). The summed E-state index contributed by atoms with van der Waals surface area (Å²) in [5.41, 5.74) is 1.10. The van der Waals surface area contributed by atoms with Gasteiger partial charge in [-0.25, -0.2) is 4.98 Å². The minimum Gasteiger partial charge on any atom is -0.369 e. The van der Waals surface area contributed by atoms with E-state index < -0.39 is 0 Å². The van der Waals surface area contributed by atoms with Gasteiger partial charge >= 0.3 is 0 Å². The smallest absolute Gasteiger partial charge is 0.271 e. The third-order valence-corrected chi connectivity index (χ3v) is 3.97. The number of nitrogens with zero attached hydrogens (tertiary/aromatic N) is 3. The highest BCUT2D eigenvalue weighted by molar-refractivity contribution is 5.92. The van der Waals surface area contributed by atoms with Crippen molar-refractivity contribution < 1.29 is 14.3 Å². The lowest BCUT2D eigenvalue weighted by Crippen LogP contribution is -2.38. The summed E-state index contributed by atoms with van der Waals surface area (Å²) in [6, 6.07) is 0.0458. The number of nitrogens with one attached hydrogen (secondary N) is 1. The standard InChI is InChI=1S/C17H26N4O3/c1-12(2)24-11-16(22)21-7-4-5-14(6-8-21)20-17(23)15-10-18-13(3)9-19-15/h9-10,12,14H,4-8,11H2,1-3H3,(H,20,23)/t14-/m0/s1. The molecule has 7 nitrogen and oxygen atoms in total. The Morgan fingerprint density at radius 3 is 2.75 bits per heavy atom. The largest absolute Gasteiger partial charge is 0.369 e. The number of hydrogen-bond donors (Lipinski definition) is 1. The first-order valence-electron chi connectivity index (χ1n) is 8.44. The Labute approximate surface area is 142 Å². The van der Waals surface area contributed by atoms with E-state index in [1.807, 2.05) is 25.7 Å². The van der Waals surface area contributed by atoms with Crippen molar-refractivity contribution in [2.75, 3.05) is 19.7 Å².